The Morgan fingerprint density at radius 1 is 1.02 bits per heavy atom. The molecule has 1 fully saturated rings. The van der Waals surface area contributed by atoms with Gasteiger partial charge in [0.1, 0.15) is 6.04 Å². The number of aromatic nitrogens is 4. The Kier molecular flexibility index (Phi) is 10.4. The van der Waals surface area contributed by atoms with Gasteiger partial charge in [-0.15, -0.1) is 5.10 Å². The van der Waals surface area contributed by atoms with Crippen molar-refractivity contribution in [1.29, 1.82) is 5.26 Å². The summed E-state index contributed by atoms with van der Waals surface area (Å²) in [5.41, 5.74) is 4.20. The van der Waals surface area contributed by atoms with E-state index in [2.05, 4.69) is 49.6 Å². The molecule has 2 aliphatic rings. The number of hydrogen-bond donors (Lipinski definition) is 4. The number of benzene rings is 2. The number of rotatable bonds is 12. The van der Waals surface area contributed by atoms with Gasteiger partial charge in [0, 0.05) is 36.8 Å². The van der Waals surface area contributed by atoms with Crippen molar-refractivity contribution in [3.05, 3.63) is 75.6 Å². The van der Waals surface area contributed by atoms with Crippen LogP contribution in [-0.2, 0) is 23.1 Å². The summed E-state index contributed by atoms with van der Waals surface area (Å²) in [5, 5.41) is 34.5. The number of hydrogen-bond acceptors (Lipinski definition) is 8. The molecule has 2 atom stereocenters. The van der Waals surface area contributed by atoms with Crippen LogP contribution in [0.2, 0.25) is 0 Å². The third kappa shape index (κ3) is 6.51. The second kappa shape index (κ2) is 14.6. The Bertz CT molecular complexity index is 1530. The second-order valence-electron chi connectivity index (χ2n) is 12.1. The maximum atomic E-state index is 13.3. The third-order valence-electron chi connectivity index (χ3n) is 9.20. The van der Waals surface area contributed by atoms with Crippen molar-refractivity contribution in [1.82, 2.24) is 41.5 Å². The zero-order valence-electron chi connectivity index (χ0n) is 26.9. The molecule has 1 saturated heterocycles. The highest BCUT2D eigenvalue weighted by Gasteiger charge is 2.46. The van der Waals surface area contributed by atoms with Gasteiger partial charge < -0.3 is 20.9 Å². The number of carbonyl (C=O) groups is 3. The minimum Gasteiger partial charge on any atom is -0.352 e. The van der Waals surface area contributed by atoms with Gasteiger partial charge in [-0.25, -0.2) is 5.10 Å². The molecule has 12 heteroatoms. The number of carbonyl (C=O) groups excluding carboxylic acids is 3. The van der Waals surface area contributed by atoms with E-state index in [4.69, 9.17) is 0 Å². The number of tetrazole rings is 1. The van der Waals surface area contributed by atoms with Crippen molar-refractivity contribution < 1.29 is 14.4 Å². The molecule has 0 saturated carbocycles. The van der Waals surface area contributed by atoms with Gasteiger partial charge in [0.05, 0.1) is 18.0 Å². The molecule has 0 radical (unpaired) electrons. The highest BCUT2D eigenvalue weighted by Crippen LogP contribution is 2.47. The molecular formula is C34H43N9O3. The molecule has 12 nitrogen and oxygen atoms in total. The standard InChI is InChI=1S/C34H43N9O3/c1-4-8-26(38-21-30(44)43-16-7-9-27(43)20-35)19-34(33-39-41-42-40-33)28-14-12-24(31(45)36-5-2)17-22(28)10-11-23-18-25(13-15-29(23)34)32(46)37-6-3/h12-15,17-18,26-27,38H,4-11,16,19,21H2,1-3H3,(H,36,45)(H,37,46)(H,39,40,41,42). The molecule has 2 heterocycles. The Morgan fingerprint density at radius 3 is 2.17 bits per heavy atom. The highest BCUT2D eigenvalue weighted by molar-refractivity contribution is 5.95. The summed E-state index contributed by atoms with van der Waals surface area (Å²) in [7, 11) is 0. The number of amides is 3. The SMILES string of the molecule is CCCC(CC1(c2nnn[nH]2)c2ccc(C(=O)NCC)cc2CCc2cc(C(=O)NCC)ccc21)NCC(=O)N1CCCC1C#N. The van der Waals surface area contributed by atoms with Crippen LogP contribution in [0.25, 0.3) is 0 Å². The number of nitrogens with one attached hydrogen (secondary N) is 4. The molecule has 5 rings (SSSR count). The van der Waals surface area contributed by atoms with Crippen LogP contribution in [0.5, 0.6) is 0 Å². The molecule has 2 unspecified atom stereocenters. The smallest absolute Gasteiger partial charge is 0.251 e. The van der Waals surface area contributed by atoms with E-state index >= 15 is 0 Å². The number of H-pyrrole nitrogens is 1. The van der Waals surface area contributed by atoms with Crippen LogP contribution in [0.3, 0.4) is 0 Å². The number of aryl methyl sites for hydroxylation is 2. The maximum Gasteiger partial charge on any atom is 0.251 e. The predicted octanol–water partition coefficient (Wildman–Crippen LogP) is 2.80. The Balaban J connectivity index is 1.62. The van der Waals surface area contributed by atoms with Gasteiger partial charge in [0.2, 0.25) is 5.91 Å². The summed E-state index contributed by atoms with van der Waals surface area (Å²) < 4.78 is 0. The van der Waals surface area contributed by atoms with Crippen LogP contribution < -0.4 is 16.0 Å². The average Bonchev–Trinajstić information content (AvgIpc) is 3.76. The number of aromatic amines is 1. The predicted molar refractivity (Wildman–Crippen MR) is 172 cm³/mol. The summed E-state index contributed by atoms with van der Waals surface area (Å²) in [6.45, 7) is 7.63. The Hall–Kier alpha value is -4.63. The number of likely N-dealkylation sites (tertiary alicyclic amines) is 1. The molecule has 0 spiro atoms. The van der Waals surface area contributed by atoms with Gasteiger partial charge in [0.15, 0.2) is 5.82 Å². The van der Waals surface area contributed by atoms with E-state index in [0.717, 1.165) is 41.5 Å². The number of nitrogens with zero attached hydrogens (tertiary/aromatic N) is 5. The fraction of sp³-hybridized carbons (Fsp3) is 0.500. The van der Waals surface area contributed by atoms with Crippen molar-refractivity contribution >= 4 is 17.7 Å². The summed E-state index contributed by atoms with van der Waals surface area (Å²) in [4.78, 5) is 40.8. The number of fused-ring (bicyclic) bond motifs is 2. The number of nitriles is 1. The van der Waals surface area contributed by atoms with Gasteiger partial charge in [-0.2, -0.15) is 5.26 Å². The molecule has 2 aromatic carbocycles. The second-order valence-corrected chi connectivity index (χ2v) is 12.1. The molecule has 0 bridgehead atoms. The topological polar surface area (TPSA) is 169 Å². The summed E-state index contributed by atoms with van der Waals surface area (Å²) in [6, 6.07) is 13.4. The van der Waals surface area contributed by atoms with Gasteiger partial charge in [-0.1, -0.05) is 25.5 Å². The monoisotopic (exact) mass is 625 g/mol. The first-order valence-corrected chi connectivity index (χ1v) is 16.4. The van der Waals surface area contributed by atoms with Crippen LogP contribution in [0.15, 0.2) is 36.4 Å². The lowest BCUT2D eigenvalue weighted by Gasteiger charge is -2.38. The first kappa shape index (κ1) is 32.8. The van der Waals surface area contributed by atoms with Crippen LogP contribution in [0, 0.1) is 11.3 Å². The van der Waals surface area contributed by atoms with Gasteiger partial charge >= 0.3 is 0 Å². The molecule has 46 heavy (non-hydrogen) atoms. The summed E-state index contributed by atoms with van der Waals surface area (Å²) in [5.74, 6) is 0.186. The normalized spacial score (nSPS) is 17.3. The van der Waals surface area contributed by atoms with Crippen molar-refractivity contribution in [3.63, 3.8) is 0 Å². The minimum atomic E-state index is -0.886. The van der Waals surface area contributed by atoms with Crippen molar-refractivity contribution in [2.45, 2.75) is 83.2 Å². The zero-order chi connectivity index (χ0) is 32.7. The van der Waals surface area contributed by atoms with E-state index in [1.807, 2.05) is 50.2 Å². The van der Waals surface area contributed by atoms with E-state index in [1.54, 1.807) is 4.90 Å². The molecule has 3 amide bonds. The van der Waals surface area contributed by atoms with E-state index in [1.165, 1.54) is 0 Å². The first-order chi connectivity index (χ1) is 22.4. The summed E-state index contributed by atoms with van der Waals surface area (Å²) in [6.07, 6.45) is 4.97. The molecular weight excluding hydrogens is 582 g/mol. The molecule has 1 aromatic heterocycles. The maximum absolute atomic E-state index is 13.3. The first-order valence-electron chi connectivity index (χ1n) is 16.4. The Morgan fingerprint density at radius 2 is 1.65 bits per heavy atom. The van der Waals surface area contributed by atoms with E-state index < -0.39 is 5.41 Å². The largest absolute Gasteiger partial charge is 0.352 e. The molecule has 242 valence electrons. The fourth-order valence-corrected chi connectivity index (χ4v) is 7.09. The summed E-state index contributed by atoms with van der Waals surface area (Å²) >= 11 is 0. The van der Waals surface area contributed by atoms with Crippen LogP contribution in [0.4, 0.5) is 0 Å². The molecule has 1 aliphatic carbocycles. The van der Waals surface area contributed by atoms with Crippen molar-refractivity contribution in [2.24, 2.45) is 0 Å². The zero-order valence-corrected chi connectivity index (χ0v) is 26.9. The lowest BCUT2D eigenvalue weighted by molar-refractivity contribution is -0.130. The third-order valence-corrected chi connectivity index (χ3v) is 9.20. The average molecular weight is 626 g/mol. The lowest BCUT2D eigenvalue weighted by atomic mass is 9.67. The van der Waals surface area contributed by atoms with E-state index in [9.17, 15) is 19.6 Å². The molecule has 3 aromatic rings. The van der Waals surface area contributed by atoms with Gasteiger partial charge in [0.25, 0.3) is 11.8 Å². The van der Waals surface area contributed by atoms with E-state index in [0.29, 0.717) is 62.3 Å². The molecule has 1 aliphatic heterocycles. The highest BCUT2D eigenvalue weighted by atomic mass is 16.2. The lowest BCUT2D eigenvalue weighted by Crippen LogP contribution is -2.46. The van der Waals surface area contributed by atoms with Gasteiger partial charge in [-0.3, -0.25) is 14.4 Å². The minimum absolute atomic E-state index is 0.0830. The van der Waals surface area contributed by atoms with Gasteiger partial charge in [-0.05, 0) is 109 Å². The van der Waals surface area contributed by atoms with Crippen molar-refractivity contribution in [3.8, 4) is 6.07 Å². The van der Waals surface area contributed by atoms with E-state index in [-0.39, 0.29) is 36.3 Å². The molecule has 4 N–H and O–H groups in total. The van der Waals surface area contributed by atoms with Crippen molar-refractivity contribution in [2.75, 3.05) is 26.2 Å². The fourth-order valence-electron chi connectivity index (χ4n) is 7.09. The quantitative estimate of drug-likeness (QED) is 0.238. The Labute approximate surface area is 269 Å². The van der Waals surface area contributed by atoms with Crippen LogP contribution in [-0.4, -0.2) is 81.5 Å². The van der Waals surface area contributed by atoms with Crippen LogP contribution in [0.1, 0.15) is 102 Å². The van der Waals surface area contributed by atoms with Crippen LogP contribution >= 0.6 is 0 Å².